The Hall–Kier alpha value is -1.73. The lowest BCUT2D eigenvalue weighted by Crippen LogP contribution is -2.26. The summed E-state index contributed by atoms with van der Waals surface area (Å²) in [5, 5.41) is 6.15. The van der Waals surface area contributed by atoms with Gasteiger partial charge in [-0.1, -0.05) is 0 Å². The van der Waals surface area contributed by atoms with Crippen LogP contribution in [0.1, 0.15) is 10.5 Å². The van der Waals surface area contributed by atoms with Crippen LogP contribution in [0.4, 0.5) is 5.82 Å². The highest BCUT2D eigenvalue weighted by atomic mass is 16.5. The Kier molecular flexibility index (Phi) is 5.91. The molecule has 17 heavy (non-hydrogen) atoms. The number of amides is 1. The third kappa shape index (κ3) is 4.75. The normalized spacial score (nSPS) is 10.2. The van der Waals surface area contributed by atoms with Crippen molar-refractivity contribution < 1.29 is 9.53 Å². The summed E-state index contributed by atoms with van der Waals surface area (Å²) < 4.78 is 4.89. The molecule has 1 amide bonds. The molecule has 0 saturated carbocycles. The Morgan fingerprint density at radius 1 is 1.35 bits per heavy atom. The van der Waals surface area contributed by atoms with Crippen LogP contribution in [-0.2, 0) is 4.74 Å². The predicted molar refractivity (Wildman–Crippen MR) is 63.8 cm³/mol. The van der Waals surface area contributed by atoms with Crippen molar-refractivity contribution in [2.24, 2.45) is 5.73 Å². The van der Waals surface area contributed by atoms with E-state index in [9.17, 15) is 4.79 Å². The second-order valence-corrected chi connectivity index (χ2v) is 3.29. The number of methoxy groups -OCH3 is 1. The van der Waals surface area contributed by atoms with Crippen molar-refractivity contribution >= 4 is 11.7 Å². The zero-order chi connectivity index (χ0) is 12.5. The maximum absolute atomic E-state index is 11.0. The minimum atomic E-state index is -0.590. The summed E-state index contributed by atoms with van der Waals surface area (Å²) in [5.41, 5.74) is 5.33. The number of primary amides is 1. The Balaban J connectivity index is 2.34. The van der Waals surface area contributed by atoms with E-state index in [4.69, 9.17) is 10.5 Å². The van der Waals surface area contributed by atoms with Crippen molar-refractivity contribution in [2.45, 2.75) is 0 Å². The van der Waals surface area contributed by atoms with E-state index in [1.54, 1.807) is 7.11 Å². The van der Waals surface area contributed by atoms with Crippen molar-refractivity contribution in [3.63, 3.8) is 0 Å². The van der Waals surface area contributed by atoms with Crippen molar-refractivity contribution in [2.75, 3.05) is 38.7 Å². The minimum Gasteiger partial charge on any atom is -0.383 e. The topological polar surface area (TPSA) is 102 Å². The van der Waals surface area contributed by atoms with Gasteiger partial charge in [0.25, 0.3) is 5.91 Å². The number of carbonyl (C=O) groups is 1. The first kappa shape index (κ1) is 13.3. The quantitative estimate of drug-likeness (QED) is 0.514. The molecular weight excluding hydrogens is 222 g/mol. The molecule has 1 aromatic rings. The Morgan fingerprint density at radius 2 is 2.12 bits per heavy atom. The Bertz CT molecular complexity index is 358. The molecule has 0 atom stereocenters. The number of hydrogen-bond donors (Lipinski definition) is 3. The van der Waals surface area contributed by atoms with Gasteiger partial charge in [-0.3, -0.25) is 4.79 Å². The molecule has 0 aliphatic rings. The molecule has 1 aromatic heterocycles. The van der Waals surface area contributed by atoms with E-state index in [1.807, 2.05) is 0 Å². The molecule has 0 spiro atoms. The summed E-state index contributed by atoms with van der Waals surface area (Å²) >= 11 is 0. The lowest BCUT2D eigenvalue weighted by molar-refractivity contribution is 0.0996. The van der Waals surface area contributed by atoms with Crippen LogP contribution in [-0.4, -0.2) is 49.2 Å². The van der Waals surface area contributed by atoms with Gasteiger partial charge >= 0.3 is 0 Å². The number of nitrogens with two attached hydrogens (primary N) is 1. The zero-order valence-electron chi connectivity index (χ0n) is 9.77. The molecule has 94 valence electrons. The van der Waals surface area contributed by atoms with Gasteiger partial charge in [-0.2, -0.15) is 0 Å². The summed E-state index contributed by atoms with van der Waals surface area (Å²) in [7, 11) is 1.65. The molecule has 0 radical (unpaired) electrons. The van der Waals surface area contributed by atoms with Gasteiger partial charge in [-0.15, -0.1) is 0 Å². The molecule has 0 unspecified atom stereocenters. The van der Waals surface area contributed by atoms with Crippen LogP contribution in [0.15, 0.2) is 12.4 Å². The summed E-state index contributed by atoms with van der Waals surface area (Å²) in [5.74, 6) is -0.179. The van der Waals surface area contributed by atoms with E-state index in [-0.39, 0.29) is 5.69 Å². The van der Waals surface area contributed by atoms with Gasteiger partial charge in [-0.25, -0.2) is 9.97 Å². The van der Waals surface area contributed by atoms with Crippen LogP contribution in [0.2, 0.25) is 0 Å². The highest BCUT2D eigenvalue weighted by Crippen LogP contribution is 2.05. The molecular formula is C10H17N5O2. The van der Waals surface area contributed by atoms with Gasteiger partial charge in [-0.05, 0) is 0 Å². The number of carbonyl (C=O) groups excluding carboxylic acids is 1. The molecule has 1 heterocycles. The van der Waals surface area contributed by atoms with Crippen LogP contribution >= 0.6 is 0 Å². The number of anilines is 1. The standard InChI is InChI=1S/C10H17N5O2/c1-17-7-6-12-2-3-14-10-8(9(11)16)13-4-5-15-10/h4-5,12H,2-3,6-7H2,1H3,(H2,11,16)(H,14,15). The molecule has 7 nitrogen and oxygen atoms in total. The third-order valence-electron chi connectivity index (χ3n) is 2.01. The number of rotatable bonds is 8. The molecule has 0 aromatic carbocycles. The molecule has 0 aliphatic heterocycles. The van der Waals surface area contributed by atoms with E-state index < -0.39 is 5.91 Å². The SMILES string of the molecule is COCCNCCNc1nccnc1C(N)=O. The second kappa shape index (κ2) is 7.53. The van der Waals surface area contributed by atoms with Crippen molar-refractivity contribution in [1.82, 2.24) is 15.3 Å². The van der Waals surface area contributed by atoms with E-state index >= 15 is 0 Å². The van der Waals surface area contributed by atoms with Gasteiger partial charge in [0.05, 0.1) is 6.61 Å². The van der Waals surface area contributed by atoms with Crippen LogP contribution < -0.4 is 16.4 Å². The number of aromatic nitrogens is 2. The monoisotopic (exact) mass is 239 g/mol. The number of nitrogens with zero attached hydrogens (tertiary/aromatic N) is 2. The largest absolute Gasteiger partial charge is 0.383 e. The highest BCUT2D eigenvalue weighted by Gasteiger charge is 2.09. The highest BCUT2D eigenvalue weighted by molar-refractivity contribution is 5.95. The predicted octanol–water partition coefficient (Wildman–Crippen LogP) is -0.777. The molecule has 7 heteroatoms. The lowest BCUT2D eigenvalue weighted by Gasteiger charge is -2.08. The minimum absolute atomic E-state index is 0.157. The summed E-state index contributed by atoms with van der Waals surface area (Å²) in [6.45, 7) is 2.81. The number of nitrogens with one attached hydrogen (secondary N) is 2. The average molecular weight is 239 g/mol. The van der Waals surface area contributed by atoms with Crippen molar-refractivity contribution in [3.8, 4) is 0 Å². The molecule has 0 fully saturated rings. The molecule has 0 aliphatic carbocycles. The molecule has 0 bridgehead atoms. The van der Waals surface area contributed by atoms with Gasteiger partial charge in [0, 0.05) is 39.1 Å². The first-order chi connectivity index (χ1) is 8.25. The summed E-state index contributed by atoms with van der Waals surface area (Å²) in [6, 6.07) is 0. The van der Waals surface area contributed by atoms with E-state index in [0.717, 1.165) is 13.1 Å². The van der Waals surface area contributed by atoms with Gasteiger partial charge < -0.3 is 21.1 Å². The molecule has 0 saturated heterocycles. The van der Waals surface area contributed by atoms with Crippen molar-refractivity contribution in [3.05, 3.63) is 18.1 Å². The molecule has 4 N–H and O–H groups in total. The van der Waals surface area contributed by atoms with Crippen LogP contribution in [0.5, 0.6) is 0 Å². The van der Waals surface area contributed by atoms with E-state index in [2.05, 4.69) is 20.6 Å². The number of ether oxygens (including phenoxy) is 1. The fraction of sp³-hybridized carbons (Fsp3) is 0.500. The first-order valence-corrected chi connectivity index (χ1v) is 5.30. The average Bonchev–Trinajstić information content (AvgIpc) is 2.34. The zero-order valence-corrected chi connectivity index (χ0v) is 9.77. The first-order valence-electron chi connectivity index (χ1n) is 5.30. The Morgan fingerprint density at radius 3 is 2.82 bits per heavy atom. The maximum atomic E-state index is 11.0. The fourth-order valence-corrected chi connectivity index (χ4v) is 1.22. The maximum Gasteiger partial charge on any atom is 0.271 e. The van der Waals surface area contributed by atoms with Crippen molar-refractivity contribution in [1.29, 1.82) is 0 Å². The van der Waals surface area contributed by atoms with Crippen LogP contribution in [0.25, 0.3) is 0 Å². The Labute approximate surface area is 99.8 Å². The van der Waals surface area contributed by atoms with E-state index in [1.165, 1.54) is 12.4 Å². The van der Waals surface area contributed by atoms with Gasteiger partial charge in [0.1, 0.15) is 0 Å². The number of hydrogen-bond acceptors (Lipinski definition) is 6. The van der Waals surface area contributed by atoms with Gasteiger partial charge in [0.2, 0.25) is 0 Å². The smallest absolute Gasteiger partial charge is 0.271 e. The van der Waals surface area contributed by atoms with Crippen LogP contribution in [0.3, 0.4) is 0 Å². The summed E-state index contributed by atoms with van der Waals surface area (Å²) in [6.07, 6.45) is 2.94. The third-order valence-corrected chi connectivity index (χ3v) is 2.01. The van der Waals surface area contributed by atoms with Gasteiger partial charge in [0.15, 0.2) is 11.5 Å². The molecule has 1 rings (SSSR count). The lowest BCUT2D eigenvalue weighted by atomic mass is 10.4. The fourth-order valence-electron chi connectivity index (χ4n) is 1.22. The second-order valence-electron chi connectivity index (χ2n) is 3.29. The van der Waals surface area contributed by atoms with Crippen LogP contribution in [0, 0.1) is 0 Å². The van der Waals surface area contributed by atoms with E-state index in [0.29, 0.717) is 19.0 Å². The summed E-state index contributed by atoms with van der Waals surface area (Å²) in [4.78, 5) is 18.9.